The Morgan fingerprint density at radius 3 is 2.78 bits per heavy atom. The van der Waals surface area contributed by atoms with Crippen molar-refractivity contribution in [2.45, 2.75) is 39.3 Å². The van der Waals surface area contributed by atoms with Crippen molar-refractivity contribution in [3.05, 3.63) is 45.9 Å². The van der Waals surface area contributed by atoms with Gasteiger partial charge in [-0.2, -0.15) is 0 Å². The number of thiazole rings is 1. The summed E-state index contributed by atoms with van der Waals surface area (Å²) < 4.78 is 5.22. The van der Waals surface area contributed by atoms with Gasteiger partial charge in [0.05, 0.1) is 23.9 Å². The van der Waals surface area contributed by atoms with E-state index in [2.05, 4.69) is 15.6 Å². The van der Waals surface area contributed by atoms with Crippen molar-refractivity contribution in [2.24, 2.45) is 0 Å². The van der Waals surface area contributed by atoms with E-state index in [4.69, 9.17) is 4.74 Å². The molecule has 0 fully saturated rings. The second-order valence-electron chi connectivity index (χ2n) is 5.59. The molecule has 1 aromatic carbocycles. The quantitative estimate of drug-likeness (QED) is 0.851. The zero-order valence-corrected chi connectivity index (χ0v) is 14.7. The van der Waals surface area contributed by atoms with E-state index in [9.17, 15) is 4.79 Å². The second-order valence-corrected chi connectivity index (χ2v) is 6.65. The van der Waals surface area contributed by atoms with Crippen LogP contribution in [0.25, 0.3) is 0 Å². The molecule has 0 saturated heterocycles. The van der Waals surface area contributed by atoms with Crippen LogP contribution in [-0.2, 0) is 6.42 Å². The summed E-state index contributed by atoms with van der Waals surface area (Å²) in [5.41, 5.74) is 2.02. The number of aryl methyl sites for hydroxylation is 1. The standard InChI is InChI=1S/C17H23N3O2S/c1-11(8-14-6-5-7-15(9-14)22-4)18-17(21)19-12(2)16-10-23-13(3)20-16/h5-7,9-12H,8H2,1-4H3,(H2,18,19,21)/t11-,12+/m0/s1. The molecule has 5 nitrogen and oxygen atoms in total. The van der Waals surface area contributed by atoms with Gasteiger partial charge in [0.1, 0.15) is 5.75 Å². The molecule has 0 radical (unpaired) electrons. The lowest BCUT2D eigenvalue weighted by Gasteiger charge is -2.17. The van der Waals surface area contributed by atoms with Gasteiger partial charge in [0, 0.05) is 11.4 Å². The van der Waals surface area contributed by atoms with Gasteiger partial charge in [0.15, 0.2) is 0 Å². The number of benzene rings is 1. The smallest absolute Gasteiger partial charge is 0.315 e. The number of carbonyl (C=O) groups is 1. The molecule has 124 valence electrons. The van der Waals surface area contributed by atoms with Crippen molar-refractivity contribution in [1.82, 2.24) is 15.6 Å². The second kappa shape index (κ2) is 7.97. The Morgan fingerprint density at radius 1 is 1.35 bits per heavy atom. The molecule has 1 heterocycles. The first-order valence-corrected chi connectivity index (χ1v) is 8.48. The van der Waals surface area contributed by atoms with Crippen LogP contribution in [0.4, 0.5) is 4.79 Å². The summed E-state index contributed by atoms with van der Waals surface area (Å²) in [4.78, 5) is 16.5. The molecule has 6 heteroatoms. The largest absolute Gasteiger partial charge is 0.497 e. The molecule has 0 aliphatic rings. The molecule has 2 amide bonds. The fraction of sp³-hybridized carbons (Fsp3) is 0.412. The van der Waals surface area contributed by atoms with Gasteiger partial charge in [-0.05, 0) is 44.9 Å². The van der Waals surface area contributed by atoms with Gasteiger partial charge in [0.25, 0.3) is 0 Å². The fourth-order valence-electron chi connectivity index (χ4n) is 2.32. The molecule has 2 rings (SSSR count). The third kappa shape index (κ3) is 5.25. The van der Waals surface area contributed by atoms with Crippen LogP contribution in [0.3, 0.4) is 0 Å². The Balaban J connectivity index is 1.84. The van der Waals surface area contributed by atoms with Gasteiger partial charge >= 0.3 is 6.03 Å². The zero-order chi connectivity index (χ0) is 16.8. The molecule has 0 unspecified atom stereocenters. The lowest BCUT2D eigenvalue weighted by atomic mass is 10.1. The molecule has 0 spiro atoms. The lowest BCUT2D eigenvalue weighted by Crippen LogP contribution is -2.42. The Morgan fingerprint density at radius 2 is 2.13 bits per heavy atom. The van der Waals surface area contributed by atoms with Crippen LogP contribution in [0.15, 0.2) is 29.6 Å². The molecule has 2 aromatic rings. The number of hydrogen-bond donors (Lipinski definition) is 2. The maximum Gasteiger partial charge on any atom is 0.315 e. The van der Waals surface area contributed by atoms with Crippen molar-refractivity contribution >= 4 is 17.4 Å². The maximum atomic E-state index is 12.1. The van der Waals surface area contributed by atoms with Gasteiger partial charge < -0.3 is 15.4 Å². The highest BCUT2D eigenvalue weighted by molar-refractivity contribution is 7.09. The Hall–Kier alpha value is -2.08. The number of nitrogens with zero attached hydrogens (tertiary/aromatic N) is 1. The number of hydrogen-bond acceptors (Lipinski definition) is 4. The molecule has 0 aliphatic carbocycles. The lowest BCUT2D eigenvalue weighted by molar-refractivity contribution is 0.234. The number of urea groups is 1. The average Bonchev–Trinajstić information content (AvgIpc) is 2.93. The van der Waals surface area contributed by atoms with E-state index < -0.39 is 0 Å². The topological polar surface area (TPSA) is 63.2 Å². The minimum absolute atomic E-state index is 0.0199. The Bertz CT molecular complexity index is 657. The van der Waals surface area contributed by atoms with E-state index in [1.165, 1.54) is 0 Å². The Labute approximate surface area is 141 Å². The highest BCUT2D eigenvalue weighted by atomic mass is 32.1. The molecule has 1 aromatic heterocycles. The van der Waals surface area contributed by atoms with Crippen LogP contribution in [0.2, 0.25) is 0 Å². The molecular formula is C17H23N3O2S. The van der Waals surface area contributed by atoms with Gasteiger partial charge in [0.2, 0.25) is 0 Å². The molecule has 23 heavy (non-hydrogen) atoms. The summed E-state index contributed by atoms with van der Waals surface area (Å²) in [5, 5.41) is 8.85. The fourth-order valence-corrected chi connectivity index (χ4v) is 3.03. The van der Waals surface area contributed by atoms with Crippen molar-refractivity contribution < 1.29 is 9.53 Å². The van der Waals surface area contributed by atoms with Crippen LogP contribution in [0.5, 0.6) is 5.75 Å². The van der Waals surface area contributed by atoms with E-state index in [1.54, 1.807) is 18.4 Å². The number of nitrogens with one attached hydrogen (secondary N) is 2. The summed E-state index contributed by atoms with van der Waals surface area (Å²) in [6.45, 7) is 5.87. The minimum atomic E-state index is -0.182. The van der Waals surface area contributed by atoms with E-state index in [0.717, 1.165) is 28.4 Å². The SMILES string of the molecule is COc1cccc(C[C@H](C)NC(=O)N[C@H](C)c2csc(C)n2)c1. The van der Waals surface area contributed by atoms with Crippen LogP contribution in [-0.4, -0.2) is 24.2 Å². The molecule has 2 N–H and O–H groups in total. The summed E-state index contributed by atoms with van der Waals surface area (Å²) in [6, 6.07) is 7.60. The normalized spacial score (nSPS) is 13.2. The van der Waals surface area contributed by atoms with Crippen molar-refractivity contribution in [2.75, 3.05) is 7.11 Å². The first-order valence-electron chi connectivity index (χ1n) is 7.60. The van der Waals surface area contributed by atoms with Crippen molar-refractivity contribution in [3.8, 4) is 5.75 Å². The highest BCUT2D eigenvalue weighted by Crippen LogP contribution is 2.16. The predicted molar refractivity (Wildman–Crippen MR) is 93.1 cm³/mol. The summed E-state index contributed by atoms with van der Waals surface area (Å²) >= 11 is 1.58. The molecule has 0 aliphatic heterocycles. The van der Waals surface area contributed by atoms with E-state index >= 15 is 0 Å². The molecule has 2 atom stereocenters. The Kier molecular flexibility index (Phi) is 5.98. The van der Waals surface area contributed by atoms with E-state index in [0.29, 0.717) is 0 Å². The van der Waals surface area contributed by atoms with Crippen LogP contribution in [0.1, 0.15) is 36.2 Å². The maximum absolute atomic E-state index is 12.1. The van der Waals surface area contributed by atoms with Gasteiger partial charge in [-0.25, -0.2) is 9.78 Å². The summed E-state index contributed by atoms with van der Waals surface area (Å²) in [6.07, 6.45) is 0.745. The first kappa shape index (κ1) is 17.3. The number of ether oxygens (including phenoxy) is 1. The van der Waals surface area contributed by atoms with Crippen molar-refractivity contribution in [1.29, 1.82) is 0 Å². The van der Waals surface area contributed by atoms with Gasteiger partial charge in [-0.15, -0.1) is 11.3 Å². The van der Waals surface area contributed by atoms with Crippen LogP contribution in [0, 0.1) is 6.92 Å². The number of rotatable bonds is 6. The van der Waals surface area contributed by atoms with E-state index in [-0.39, 0.29) is 18.1 Å². The highest BCUT2D eigenvalue weighted by Gasteiger charge is 2.14. The third-order valence-corrected chi connectivity index (χ3v) is 4.27. The summed E-state index contributed by atoms with van der Waals surface area (Å²) in [7, 11) is 1.65. The predicted octanol–water partition coefficient (Wildman–Crippen LogP) is 3.45. The summed E-state index contributed by atoms with van der Waals surface area (Å²) in [5.74, 6) is 0.826. The first-order chi connectivity index (χ1) is 11.0. The molecular weight excluding hydrogens is 310 g/mol. The van der Waals surface area contributed by atoms with Crippen LogP contribution >= 0.6 is 11.3 Å². The van der Waals surface area contributed by atoms with Gasteiger partial charge in [-0.1, -0.05) is 12.1 Å². The number of amides is 2. The average molecular weight is 333 g/mol. The minimum Gasteiger partial charge on any atom is -0.497 e. The number of aromatic nitrogens is 1. The zero-order valence-electron chi connectivity index (χ0n) is 13.9. The number of methoxy groups -OCH3 is 1. The third-order valence-electron chi connectivity index (χ3n) is 3.48. The monoisotopic (exact) mass is 333 g/mol. The molecule has 0 bridgehead atoms. The van der Waals surface area contributed by atoms with E-state index in [1.807, 2.05) is 50.4 Å². The van der Waals surface area contributed by atoms with Crippen molar-refractivity contribution in [3.63, 3.8) is 0 Å². The van der Waals surface area contributed by atoms with Gasteiger partial charge in [-0.3, -0.25) is 0 Å². The van der Waals surface area contributed by atoms with Crippen LogP contribution < -0.4 is 15.4 Å². The molecule has 0 saturated carbocycles. The number of carbonyl (C=O) groups excluding carboxylic acids is 1.